The summed E-state index contributed by atoms with van der Waals surface area (Å²) in [5.41, 5.74) is 6.40. The normalized spacial score (nSPS) is 11.0. The summed E-state index contributed by atoms with van der Waals surface area (Å²) in [5.74, 6) is 0.981. The summed E-state index contributed by atoms with van der Waals surface area (Å²) in [6.45, 7) is 2.18. The summed E-state index contributed by atoms with van der Waals surface area (Å²) in [6.07, 6.45) is 0. The predicted octanol–water partition coefficient (Wildman–Crippen LogP) is 6.44. The van der Waals surface area contributed by atoms with Crippen LogP contribution < -0.4 is 0 Å². The van der Waals surface area contributed by atoms with Gasteiger partial charge in [-0.1, -0.05) is 72.8 Å². The number of thioether (sulfide) groups is 1. The molecule has 0 radical (unpaired) electrons. The lowest BCUT2D eigenvalue weighted by molar-refractivity contribution is 1.30. The zero-order valence-corrected chi connectivity index (χ0v) is 14.4. The van der Waals surface area contributed by atoms with Crippen LogP contribution in [0.1, 0.15) is 11.1 Å². The average molecular weight is 329 g/mol. The van der Waals surface area contributed by atoms with Crippen molar-refractivity contribution in [2.45, 2.75) is 17.6 Å². The molecule has 0 amide bonds. The third-order valence-corrected chi connectivity index (χ3v) is 5.52. The molecule has 1 nitrogen and oxygen atoms in total. The number of aryl methyl sites for hydroxylation is 1. The summed E-state index contributed by atoms with van der Waals surface area (Å²) in [6, 6.07) is 27.8. The number of rotatable bonds is 4. The van der Waals surface area contributed by atoms with Gasteiger partial charge in [-0.15, -0.1) is 11.8 Å². The van der Waals surface area contributed by atoms with Crippen molar-refractivity contribution in [3.05, 3.63) is 90.0 Å². The number of aromatic nitrogens is 1. The summed E-state index contributed by atoms with van der Waals surface area (Å²) in [7, 11) is 0. The first-order valence-electron chi connectivity index (χ1n) is 8.16. The van der Waals surface area contributed by atoms with Crippen LogP contribution in [0.5, 0.6) is 0 Å². The molecule has 0 fully saturated rings. The van der Waals surface area contributed by atoms with Gasteiger partial charge in [-0.2, -0.15) is 0 Å². The Morgan fingerprint density at radius 3 is 2.33 bits per heavy atom. The van der Waals surface area contributed by atoms with Crippen LogP contribution in [0.2, 0.25) is 0 Å². The van der Waals surface area contributed by atoms with Gasteiger partial charge in [0.2, 0.25) is 0 Å². The molecule has 4 aromatic rings. The quantitative estimate of drug-likeness (QED) is 0.426. The van der Waals surface area contributed by atoms with E-state index in [0.717, 1.165) is 5.75 Å². The first-order valence-corrected chi connectivity index (χ1v) is 9.15. The highest BCUT2D eigenvalue weighted by molar-refractivity contribution is 7.98. The molecule has 118 valence electrons. The fraction of sp³-hybridized carbons (Fsp3) is 0.0909. The van der Waals surface area contributed by atoms with Gasteiger partial charge >= 0.3 is 0 Å². The van der Waals surface area contributed by atoms with Gasteiger partial charge in [-0.25, -0.2) is 0 Å². The predicted molar refractivity (Wildman–Crippen MR) is 104 cm³/mol. The van der Waals surface area contributed by atoms with E-state index in [1.165, 1.54) is 38.2 Å². The van der Waals surface area contributed by atoms with E-state index in [2.05, 4.69) is 90.8 Å². The SMILES string of the molecule is Cc1ccccc1CSc1c(-c2ccccc2)[nH]c2ccccc12. The lowest BCUT2D eigenvalue weighted by atomic mass is 10.1. The molecule has 24 heavy (non-hydrogen) atoms. The number of H-pyrrole nitrogens is 1. The molecule has 0 unspecified atom stereocenters. The van der Waals surface area contributed by atoms with Gasteiger partial charge in [0.1, 0.15) is 0 Å². The number of nitrogens with one attached hydrogen (secondary N) is 1. The van der Waals surface area contributed by atoms with E-state index in [0.29, 0.717) is 0 Å². The molecule has 1 aromatic heterocycles. The van der Waals surface area contributed by atoms with Crippen LogP contribution in [0, 0.1) is 6.92 Å². The molecular weight excluding hydrogens is 310 g/mol. The molecule has 0 saturated heterocycles. The molecule has 2 heteroatoms. The number of fused-ring (bicyclic) bond motifs is 1. The molecule has 3 aromatic carbocycles. The lowest BCUT2D eigenvalue weighted by Crippen LogP contribution is -1.86. The van der Waals surface area contributed by atoms with Gasteiger partial charge in [0.25, 0.3) is 0 Å². The van der Waals surface area contributed by atoms with Crippen molar-refractivity contribution in [3.63, 3.8) is 0 Å². The third-order valence-electron chi connectivity index (χ3n) is 4.35. The van der Waals surface area contributed by atoms with Crippen LogP contribution in [-0.4, -0.2) is 4.98 Å². The number of hydrogen-bond donors (Lipinski definition) is 1. The molecule has 4 rings (SSSR count). The van der Waals surface area contributed by atoms with Crippen LogP contribution in [0.25, 0.3) is 22.2 Å². The smallest absolute Gasteiger partial charge is 0.0603 e. The standard InChI is InChI=1S/C22H19NS/c1-16-9-5-6-12-18(16)15-24-22-19-13-7-8-14-20(19)23-21(22)17-10-3-2-4-11-17/h2-14,23H,15H2,1H3. The highest BCUT2D eigenvalue weighted by atomic mass is 32.2. The molecule has 0 aliphatic heterocycles. The van der Waals surface area contributed by atoms with Gasteiger partial charge in [0.15, 0.2) is 0 Å². The van der Waals surface area contributed by atoms with Gasteiger partial charge in [-0.3, -0.25) is 0 Å². The van der Waals surface area contributed by atoms with Gasteiger partial charge in [0.05, 0.1) is 5.69 Å². The lowest BCUT2D eigenvalue weighted by Gasteiger charge is -2.07. The van der Waals surface area contributed by atoms with E-state index in [4.69, 9.17) is 0 Å². The number of aromatic amines is 1. The topological polar surface area (TPSA) is 15.8 Å². The van der Waals surface area contributed by atoms with Crippen molar-refractivity contribution in [3.8, 4) is 11.3 Å². The van der Waals surface area contributed by atoms with Gasteiger partial charge in [-0.05, 0) is 29.7 Å². The summed E-state index contributed by atoms with van der Waals surface area (Å²) in [5, 5.41) is 1.30. The third kappa shape index (κ3) is 2.85. The Bertz CT molecular complexity index is 970. The number of para-hydroxylation sites is 1. The molecule has 1 heterocycles. The molecule has 0 aliphatic rings. The Labute approximate surface area is 146 Å². The van der Waals surface area contributed by atoms with Crippen molar-refractivity contribution < 1.29 is 0 Å². The highest BCUT2D eigenvalue weighted by Crippen LogP contribution is 2.39. The van der Waals surface area contributed by atoms with Crippen LogP contribution in [0.3, 0.4) is 0 Å². The fourth-order valence-corrected chi connectivity index (χ4v) is 4.27. The van der Waals surface area contributed by atoms with Crippen molar-refractivity contribution in [1.82, 2.24) is 4.98 Å². The van der Waals surface area contributed by atoms with Crippen LogP contribution in [-0.2, 0) is 5.75 Å². The molecule has 0 spiro atoms. The molecule has 0 bridgehead atoms. The minimum Gasteiger partial charge on any atom is -0.354 e. The molecule has 1 N–H and O–H groups in total. The van der Waals surface area contributed by atoms with E-state index in [-0.39, 0.29) is 0 Å². The van der Waals surface area contributed by atoms with Crippen LogP contribution >= 0.6 is 11.8 Å². The maximum Gasteiger partial charge on any atom is 0.0603 e. The van der Waals surface area contributed by atoms with E-state index >= 15 is 0 Å². The monoisotopic (exact) mass is 329 g/mol. The Hall–Kier alpha value is -2.45. The van der Waals surface area contributed by atoms with Gasteiger partial charge < -0.3 is 4.98 Å². The summed E-state index contributed by atoms with van der Waals surface area (Å²) >= 11 is 1.91. The molecular formula is C22H19NS. The largest absolute Gasteiger partial charge is 0.354 e. The zero-order chi connectivity index (χ0) is 16.4. The molecule has 0 aliphatic carbocycles. The Kier molecular flexibility index (Phi) is 4.14. The van der Waals surface area contributed by atoms with E-state index in [1.54, 1.807) is 0 Å². The van der Waals surface area contributed by atoms with E-state index in [1.807, 2.05) is 11.8 Å². The summed E-state index contributed by atoms with van der Waals surface area (Å²) in [4.78, 5) is 4.94. The summed E-state index contributed by atoms with van der Waals surface area (Å²) < 4.78 is 0. The fourth-order valence-electron chi connectivity index (χ4n) is 3.00. The zero-order valence-electron chi connectivity index (χ0n) is 13.6. The second-order valence-electron chi connectivity index (χ2n) is 5.96. The van der Waals surface area contributed by atoms with Crippen LogP contribution in [0.15, 0.2) is 83.8 Å². The second kappa shape index (κ2) is 6.58. The molecule has 0 saturated carbocycles. The van der Waals surface area contributed by atoms with Crippen LogP contribution in [0.4, 0.5) is 0 Å². The Morgan fingerprint density at radius 2 is 1.50 bits per heavy atom. The molecule has 0 atom stereocenters. The van der Waals surface area contributed by atoms with Crippen molar-refractivity contribution in [1.29, 1.82) is 0 Å². The van der Waals surface area contributed by atoms with Crippen molar-refractivity contribution in [2.75, 3.05) is 0 Å². The Morgan fingerprint density at radius 1 is 0.792 bits per heavy atom. The van der Waals surface area contributed by atoms with E-state index in [9.17, 15) is 0 Å². The van der Waals surface area contributed by atoms with Gasteiger partial charge in [0, 0.05) is 21.6 Å². The van der Waals surface area contributed by atoms with Crippen molar-refractivity contribution >= 4 is 22.7 Å². The Balaban J connectivity index is 1.77. The number of hydrogen-bond acceptors (Lipinski definition) is 1. The first kappa shape index (κ1) is 15.1. The minimum absolute atomic E-state index is 0.981. The first-order chi connectivity index (χ1) is 11.8. The maximum atomic E-state index is 3.61. The minimum atomic E-state index is 0.981. The van der Waals surface area contributed by atoms with Crippen molar-refractivity contribution in [2.24, 2.45) is 0 Å². The average Bonchev–Trinajstić information content (AvgIpc) is 3.00. The maximum absolute atomic E-state index is 3.61. The van der Waals surface area contributed by atoms with E-state index < -0.39 is 0 Å². The second-order valence-corrected chi connectivity index (χ2v) is 6.94. The highest BCUT2D eigenvalue weighted by Gasteiger charge is 2.13. The number of benzene rings is 3.